The molecule has 22 heavy (non-hydrogen) atoms. The lowest BCUT2D eigenvalue weighted by molar-refractivity contribution is -0.130. The zero-order valence-electron chi connectivity index (χ0n) is 13.0. The number of rotatable bonds is 3. The van der Waals surface area contributed by atoms with Crippen molar-refractivity contribution in [3.05, 3.63) is 17.6 Å². The molecule has 2 heterocycles. The van der Waals surface area contributed by atoms with Crippen LogP contribution >= 0.6 is 0 Å². The van der Waals surface area contributed by atoms with E-state index in [-0.39, 0.29) is 11.8 Å². The molecule has 1 aliphatic carbocycles. The van der Waals surface area contributed by atoms with Gasteiger partial charge in [0.15, 0.2) is 0 Å². The van der Waals surface area contributed by atoms with E-state index in [0.29, 0.717) is 43.7 Å². The highest BCUT2D eigenvalue weighted by atomic mass is 16.2. The minimum atomic E-state index is -0.0902. The quantitative estimate of drug-likeness (QED) is 0.887. The molecule has 7 heteroatoms. The van der Waals surface area contributed by atoms with Crippen molar-refractivity contribution >= 4 is 17.6 Å². The molecule has 0 radical (unpaired) electrons. The Morgan fingerprint density at radius 1 is 1.14 bits per heavy atom. The highest BCUT2D eigenvalue weighted by molar-refractivity contribution is 5.93. The number of hydrogen-bond donors (Lipinski definition) is 1. The predicted molar refractivity (Wildman–Crippen MR) is 81.6 cm³/mol. The summed E-state index contributed by atoms with van der Waals surface area (Å²) in [6.07, 6.45) is 2.30. The summed E-state index contributed by atoms with van der Waals surface area (Å²) in [7, 11) is 0. The van der Waals surface area contributed by atoms with Crippen LogP contribution in [0.25, 0.3) is 0 Å². The smallest absolute Gasteiger partial charge is 0.272 e. The Labute approximate surface area is 129 Å². The number of piperazine rings is 1. The molecule has 1 saturated carbocycles. The van der Waals surface area contributed by atoms with Crippen molar-refractivity contribution in [2.75, 3.05) is 31.5 Å². The van der Waals surface area contributed by atoms with Crippen LogP contribution in [-0.4, -0.2) is 63.8 Å². The first-order valence-electron chi connectivity index (χ1n) is 7.70. The Hall–Kier alpha value is -2.18. The first-order chi connectivity index (χ1) is 10.5. The molecular weight excluding hydrogens is 282 g/mol. The minimum absolute atomic E-state index is 0.0564. The van der Waals surface area contributed by atoms with Crippen LogP contribution in [0.4, 0.5) is 5.82 Å². The molecule has 1 aliphatic heterocycles. The normalized spacial score (nSPS) is 18.3. The van der Waals surface area contributed by atoms with Crippen LogP contribution in [0.1, 0.15) is 36.1 Å². The second-order valence-electron chi connectivity index (χ2n) is 5.90. The van der Waals surface area contributed by atoms with Gasteiger partial charge in [0.2, 0.25) is 5.91 Å². The average Bonchev–Trinajstić information content (AvgIpc) is 3.30. The van der Waals surface area contributed by atoms with Crippen LogP contribution in [0.15, 0.2) is 6.07 Å². The summed E-state index contributed by atoms with van der Waals surface area (Å²) >= 11 is 0. The number of aromatic nitrogens is 2. The van der Waals surface area contributed by atoms with E-state index < -0.39 is 0 Å². The van der Waals surface area contributed by atoms with E-state index in [1.807, 2.05) is 0 Å². The lowest BCUT2D eigenvalue weighted by atomic mass is 10.2. The molecule has 2 amide bonds. The lowest BCUT2D eigenvalue weighted by Gasteiger charge is -2.34. The molecule has 0 bridgehead atoms. The van der Waals surface area contributed by atoms with Gasteiger partial charge in [0.05, 0.1) is 0 Å². The van der Waals surface area contributed by atoms with Crippen molar-refractivity contribution in [1.82, 2.24) is 19.8 Å². The molecule has 3 rings (SSSR count). The summed E-state index contributed by atoms with van der Waals surface area (Å²) in [5.41, 5.74) is 0.423. The summed E-state index contributed by atoms with van der Waals surface area (Å²) in [6.45, 7) is 5.61. The maximum absolute atomic E-state index is 12.6. The third-order valence-electron chi connectivity index (χ3n) is 4.00. The maximum Gasteiger partial charge on any atom is 0.272 e. The monoisotopic (exact) mass is 303 g/mol. The topological polar surface area (TPSA) is 78.4 Å². The number of hydrogen-bond acceptors (Lipinski definition) is 5. The second kappa shape index (κ2) is 5.90. The van der Waals surface area contributed by atoms with Crippen molar-refractivity contribution < 1.29 is 9.59 Å². The van der Waals surface area contributed by atoms with Gasteiger partial charge in [-0.15, -0.1) is 0 Å². The van der Waals surface area contributed by atoms with Gasteiger partial charge in [-0.2, -0.15) is 0 Å². The van der Waals surface area contributed by atoms with E-state index in [2.05, 4.69) is 15.3 Å². The number of nitrogens with one attached hydrogen (secondary N) is 1. The molecule has 1 N–H and O–H groups in total. The van der Waals surface area contributed by atoms with Gasteiger partial charge >= 0.3 is 0 Å². The van der Waals surface area contributed by atoms with E-state index in [0.717, 1.165) is 18.7 Å². The number of carbonyl (C=O) groups excluding carboxylic acids is 2. The molecule has 2 fully saturated rings. The number of aryl methyl sites for hydroxylation is 1. The van der Waals surface area contributed by atoms with Crippen LogP contribution in [0.3, 0.4) is 0 Å². The van der Waals surface area contributed by atoms with Gasteiger partial charge in [-0.1, -0.05) is 0 Å². The van der Waals surface area contributed by atoms with Gasteiger partial charge < -0.3 is 15.1 Å². The van der Waals surface area contributed by atoms with Crippen molar-refractivity contribution in [2.45, 2.75) is 32.7 Å². The zero-order valence-corrected chi connectivity index (χ0v) is 13.0. The van der Waals surface area contributed by atoms with E-state index in [9.17, 15) is 9.59 Å². The molecule has 1 saturated heterocycles. The molecule has 7 nitrogen and oxygen atoms in total. The van der Waals surface area contributed by atoms with Crippen LogP contribution in [0.2, 0.25) is 0 Å². The summed E-state index contributed by atoms with van der Waals surface area (Å²) in [5.74, 6) is 1.28. The summed E-state index contributed by atoms with van der Waals surface area (Å²) in [4.78, 5) is 36.0. The fraction of sp³-hybridized carbons (Fsp3) is 0.600. The zero-order chi connectivity index (χ0) is 15.7. The molecule has 118 valence electrons. The molecular formula is C15H21N5O2. The number of carbonyl (C=O) groups is 2. The Balaban J connectivity index is 1.69. The Bertz CT molecular complexity index is 592. The first kappa shape index (κ1) is 14.7. The Morgan fingerprint density at radius 3 is 2.36 bits per heavy atom. The lowest BCUT2D eigenvalue weighted by Crippen LogP contribution is -2.50. The fourth-order valence-corrected chi connectivity index (χ4v) is 2.57. The van der Waals surface area contributed by atoms with Crippen molar-refractivity contribution in [2.24, 2.45) is 0 Å². The van der Waals surface area contributed by atoms with Gasteiger partial charge in [-0.05, 0) is 19.8 Å². The number of nitrogens with zero attached hydrogens (tertiary/aromatic N) is 4. The Kier molecular flexibility index (Phi) is 3.96. The van der Waals surface area contributed by atoms with Gasteiger partial charge in [0.1, 0.15) is 17.3 Å². The third-order valence-corrected chi connectivity index (χ3v) is 4.00. The second-order valence-corrected chi connectivity index (χ2v) is 5.90. The summed E-state index contributed by atoms with van der Waals surface area (Å²) in [6, 6.07) is 2.21. The van der Waals surface area contributed by atoms with Crippen LogP contribution < -0.4 is 5.32 Å². The maximum atomic E-state index is 12.6. The van der Waals surface area contributed by atoms with Gasteiger partial charge in [0, 0.05) is 45.2 Å². The predicted octanol–water partition coefficient (Wildman–Crippen LogP) is 0.664. The van der Waals surface area contributed by atoms with E-state index in [1.165, 1.54) is 0 Å². The third kappa shape index (κ3) is 3.35. The fourth-order valence-electron chi connectivity index (χ4n) is 2.57. The van der Waals surface area contributed by atoms with Crippen molar-refractivity contribution in [3.8, 4) is 0 Å². The average molecular weight is 303 g/mol. The molecule has 0 unspecified atom stereocenters. The van der Waals surface area contributed by atoms with Gasteiger partial charge in [-0.3, -0.25) is 9.59 Å². The molecule has 1 aromatic rings. The minimum Gasteiger partial charge on any atom is -0.367 e. The highest BCUT2D eigenvalue weighted by Crippen LogP contribution is 2.24. The number of amides is 2. The molecule has 0 atom stereocenters. The van der Waals surface area contributed by atoms with E-state index >= 15 is 0 Å². The molecule has 0 aromatic carbocycles. The molecule has 1 aromatic heterocycles. The van der Waals surface area contributed by atoms with Gasteiger partial charge in [0.25, 0.3) is 5.91 Å². The first-order valence-corrected chi connectivity index (χ1v) is 7.70. The van der Waals surface area contributed by atoms with Gasteiger partial charge in [-0.25, -0.2) is 9.97 Å². The van der Waals surface area contributed by atoms with Crippen LogP contribution in [0.5, 0.6) is 0 Å². The van der Waals surface area contributed by atoms with Crippen LogP contribution in [-0.2, 0) is 4.79 Å². The number of anilines is 1. The summed E-state index contributed by atoms with van der Waals surface area (Å²) < 4.78 is 0. The SMILES string of the molecule is CC(=O)N1CCN(C(=O)c2cc(NC3CC3)nc(C)n2)CC1. The standard InChI is InChI=1S/C15H21N5O2/c1-10-16-13(9-14(17-10)18-12-3-4-12)15(22)20-7-5-19(6-8-20)11(2)21/h9,12H,3-8H2,1-2H3,(H,16,17,18). The van der Waals surface area contributed by atoms with Crippen LogP contribution in [0, 0.1) is 6.92 Å². The van der Waals surface area contributed by atoms with E-state index in [4.69, 9.17) is 0 Å². The molecule has 2 aliphatic rings. The largest absolute Gasteiger partial charge is 0.367 e. The van der Waals surface area contributed by atoms with Crippen molar-refractivity contribution in [1.29, 1.82) is 0 Å². The highest BCUT2D eigenvalue weighted by Gasteiger charge is 2.26. The van der Waals surface area contributed by atoms with E-state index in [1.54, 1.807) is 29.7 Å². The molecule has 0 spiro atoms. The Morgan fingerprint density at radius 2 is 1.77 bits per heavy atom. The summed E-state index contributed by atoms with van der Waals surface area (Å²) in [5, 5.41) is 3.30. The van der Waals surface area contributed by atoms with Crippen molar-refractivity contribution in [3.63, 3.8) is 0 Å².